The lowest BCUT2D eigenvalue weighted by molar-refractivity contribution is -0.159. The molecular formula is C17H26O5. The molecule has 124 valence electrons. The molecule has 0 spiro atoms. The third-order valence-corrected chi connectivity index (χ3v) is 4.02. The zero-order valence-electron chi connectivity index (χ0n) is 13.9. The Morgan fingerprint density at radius 3 is 2.86 bits per heavy atom. The van der Waals surface area contributed by atoms with Crippen LogP contribution in [0, 0.1) is 5.92 Å². The molecule has 0 amide bonds. The molecule has 1 fully saturated rings. The van der Waals surface area contributed by atoms with E-state index in [4.69, 9.17) is 14.2 Å². The smallest absolute Gasteiger partial charge is 0.339 e. The van der Waals surface area contributed by atoms with Crippen LogP contribution >= 0.6 is 0 Å². The fraction of sp³-hybridized carbons (Fsp3) is 0.765. The number of ether oxygens (including phenoxy) is 3. The van der Waals surface area contributed by atoms with Crippen molar-refractivity contribution in [2.24, 2.45) is 5.92 Å². The van der Waals surface area contributed by atoms with Gasteiger partial charge in [0.25, 0.3) is 0 Å². The highest BCUT2D eigenvalue weighted by Gasteiger charge is 2.43. The molecule has 0 bridgehead atoms. The van der Waals surface area contributed by atoms with E-state index >= 15 is 0 Å². The molecule has 2 aliphatic rings. The van der Waals surface area contributed by atoms with Crippen molar-refractivity contribution in [1.29, 1.82) is 0 Å². The number of esters is 1. The number of cyclic esters (lactones) is 1. The van der Waals surface area contributed by atoms with Gasteiger partial charge in [0.15, 0.2) is 0 Å². The Labute approximate surface area is 132 Å². The van der Waals surface area contributed by atoms with Crippen molar-refractivity contribution in [2.75, 3.05) is 6.61 Å². The first kappa shape index (κ1) is 17.2. The predicted molar refractivity (Wildman–Crippen MR) is 81.2 cm³/mol. The van der Waals surface area contributed by atoms with Crippen molar-refractivity contribution >= 4 is 11.8 Å². The highest BCUT2D eigenvalue weighted by Crippen LogP contribution is 2.38. The molecular weight excluding hydrogens is 284 g/mol. The maximum absolute atomic E-state index is 12.0. The molecule has 0 aromatic heterocycles. The standard InChI is InChI=1S/C17H26O5/c1-5-20-15-9-13(16(19)21-15)14-6-7-17(4,22-14)10-12(18)8-11(2)3/h9,11,14-15H,5-8,10H2,1-4H3. The van der Waals surface area contributed by atoms with Crippen LogP contribution in [-0.2, 0) is 23.8 Å². The number of rotatable bonds is 7. The molecule has 2 aliphatic heterocycles. The van der Waals surface area contributed by atoms with Gasteiger partial charge in [0.1, 0.15) is 5.78 Å². The maximum Gasteiger partial charge on any atom is 0.339 e. The van der Waals surface area contributed by atoms with E-state index in [1.807, 2.05) is 27.7 Å². The molecule has 0 N–H and O–H groups in total. The zero-order valence-corrected chi connectivity index (χ0v) is 13.9. The van der Waals surface area contributed by atoms with Gasteiger partial charge >= 0.3 is 5.97 Å². The monoisotopic (exact) mass is 310 g/mol. The van der Waals surface area contributed by atoms with Crippen LogP contribution in [-0.4, -0.2) is 36.4 Å². The van der Waals surface area contributed by atoms with Gasteiger partial charge in [-0.3, -0.25) is 4.79 Å². The molecule has 3 atom stereocenters. The van der Waals surface area contributed by atoms with Gasteiger partial charge in [-0.15, -0.1) is 0 Å². The van der Waals surface area contributed by atoms with Crippen LogP contribution in [0.1, 0.15) is 53.4 Å². The first-order valence-corrected chi connectivity index (χ1v) is 8.07. The lowest BCUT2D eigenvalue weighted by Gasteiger charge is -2.24. The largest absolute Gasteiger partial charge is 0.428 e. The minimum Gasteiger partial charge on any atom is -0.428 e. The van der Waals surface area contributed by atoms with E-state index in [0.717, 1.165) is 12.8 Å². The van der Waals surface area contributed by atoms with E-state index in [0.29, 0.717) is 30.9 Å². The topological polar surface area (TPSA) is 61.8 Å². The number of hydrogen-bond donors (Lipinski definition) is 0. The Morgan fingerprint density at radius 2 is 2.23 bits per heavy atom. The average molecular weight is 310 g/mol. The van der Waals surface area contributed by atoms with Gasteiger partial charge in [0, 0.05) is 19.4 Å². The summed E-state index contributed by atoms with van der Waals surface area (Å²) >= 11 is 0. The molecule has 0 saturated carbocycles. The number of carbonyl (C=O) groups excluding carboxylic acids is 2. The van der Waals surface area contributed by atoms with E-state index in [-0.39, 0.29) is 17.9 Å². The molecule has 0 aromatic rings. The minimum absolute atomic E-state index is 0.216. The van der Waals surface area contributed by atoms with Gasteiger partial charge in [-0.25, -0.2) is 4.79 Å². The van der Waals surface area contributed by atoms with Gasteiger partial charge in [-0.05, 0) is 38.7 Å². The summed E-state index contributed by atoms with van der Waals surface area (Å²) in [5.41, 5.74) is 0.0417. The normalized spacial score (nSPS) is 31.5. The quantitative estimate of drug-likeness (QED) is 0.677. The lowest BCUT2D eigenvalue weighted by Crippen LogP contribution is -2.30. The van der Waals surface area contributed by atoms with E-state index < -0.39 is 11.9 Å². The molecule has 5 heteroatoms. The van der Waals surface area contributed by atoms with Crippen molar-refractivity contribution in [2.45, 2.75) is 71.4 Å². The summed E-state index contributed by atoms with van der Waals surface area (Å²) in [4.78, 5) is 23.9. The molecule has 22 heavy (non-hydrogen) atoms. The highest BCUT2D eigenvalue weighted by atomic mass is 16.7. The summed E-state index contributed by atoms with van der Waals surface area (Å²) in [6.07, 6.45) is 3.26. The molecule has 5 nitrogen and oxygen atoms in total. The summed E-state index contributed by atoms with van der Waals surface area (Å²) < 4.78 is 16.5. The van der Waals surface area contributed by atoms with Crippen LogP contribution in [0.15, 0.2) is 11.6 Å². The van der Waals surface area contributed by atoms with E-state index in [9.17, 15) is 9.59 Å². The Hall–Kier alpha value is -1.20. The second kappa shape index (κ2) is 6.92. The predicted octanol–water partition coefficient (Wildman–Crippen LogP) is 2.78. The molecule has 1 saturated heterocycles. The summed E-state index contributed by atoms with van der Waals surface area (Å²) in [5.74, 6) is 0.197. The van der Waals surface area contributed by atoms with Gasteiger partial charge in [-0.1, -0.05) is 13.8 Å². The van der Waals surface area contributed by atoms with Crippen molar-refractivity contribution in [3.05, 3.63) is 11.6 Å². The maximum atomic E-state index is 12.0. The summed E-state index contributed by atoms with van der Waals surface area (Å²) in [7, 11) is 0. The van der Waals surface area contributed by atoms with Crippen LogP contribution in [0.25, 0.3) is 0 Å². The zero-order chi connectivity index (χ0) is 16.3. The average Bonchev–Trinajstić information content (AvgIpc) is 2.92. The summed E-state index contributed by atoms with van der Waals surface area (Å²) in [6, 6.07) is 0. The second-order valence-corrected chi connectivity index (χ2v) is 6.76. The van der Waals surface area contributed by atoms with Crippen LogP contribution in [0.2, 0.25) is 0 Å². The number of Topliss-reactive ketones (excluding diaryl/α,β-unsaturated/α-hetero) is 1. The first-order chi connectivity index (χ1) is 10.3. The summed E-state index contributed by atoms with van der Waals surface area (Å²) in [5, 5.41) is 0. The Morgan fingerprint density at radius 1 is 1.50 bits per heavy atom. The fourth-order valence-electron chi connectivity index (χ4n) is 3.10. The van der Waals surface area contributed by atoms with Crippen LogP contribution in [0.5, 0.6) is 0 Å². The Bertz CT molecular complexity index is 468. The van der Waals surface area contributed by atoms with Gasteiger partial charge < -0.3 is 14.2 Å². The lowest BCUT2D eigenvalue weighted by atomic mass is 9.92. The van der Waals surface area contributed by atoms with Crippen LogP contribution in [0.3, 0.4) is 0 Å². The summed E-state index contributed by atoms with van der Waals surface area (Å²) in [6.45, 7) is 8.35. The van der Waals surface area contributed by atoms with Gasteiger partial charge in [0.2, 0.25) is 6.29 Å². The van der Waals surface area contributed by atoms with Crippen molar-refractivity contribution in [3.63, 3.8) is 0 Å². The Kier molecular flexibility index (Phi) is 5.40. The minimum atomic E-state index is -0.606. The van der Waals surface area contributed by atoms with E-state index in [2.05, 4.69) is 0 Å². The number of carbonyl (C=O) groups is 2. The molecule has 0 radical (unpaired) electrons. The van der Waals surface area contributed by atoms with Crippen molar-refractivity contribution < 1.29 is 23.8 Å². The third-order valence-electron chi connectivity index (χ3n) is 4.02. The fourth-order valence-corrected chi connectivity index (χ4v) is 3.10. The van der Waals surface area contributed by atoms with E-state index in [1.165, 1.54) is 0 Å². The highest BCUT2D eigenvalue weighted by molar-refractivity contribution is 5.92. The number of ketones is 1. The van der Waals surface area contributed by atoms with Gasteiger partial charge in [-0.2, -0.15) is 0 Å². The van der Waals surface area contributed by atoms with E-state index in [1.54, 1.807) is 6.08 Å². The number of hydrogen-bond acceptors (Lipinski definition) is 5. The molecule has 2 heterocycles. The van der Waals surface area contributed by atoms with Gasteiger partial charge in [0.05, 0.1) is 17.3 Å². The second-order valence-electron chi connectivity index (χ2n) is 6.76. The SMILES string of the molecule is CCOC1C=C(C2CCC(C)(CC(=O)CC(C)C)O2)C(=O)O1. The van der Waals surface area contributed by atoms with Crippen molar-refractivity contribution in [3.8, 4) is 0 Å². The Balaban J connectivity index is 1.95. The molecule has 2 rings (SSSR count). The first-order valence-electron chi connectivity index (χ1n) is 8.07. The third kappa shape index (κ3) is 4.17. The molecule has 0 aromatic carbocycles. The van der Waals surface area contributed by atoms with Crippen LogP contribution < -0.4 is 0 Å². The molecule has 0 aliphatic carbocycles. The molecule has 3 unspecified atom stereocenters. The van der Waals surface area contributed by atoms with Crippen LogP contribution in [0.4, 0.5) is 0 Å². The van der Waals surface area contributed by atoms with Crippen molar-refractivity contribution in [1.82, 2.24) is 0 Å².